The highest BCUT2D eigenvalue weighted by molar-refractivity contribution is 7.17. The molecular formula is C24H25N5O2S. The molecule has 3 aromatic heterocycles. The lowest BCUT2D eigenvalue weighted by molar-refractivity contribution is -0.125. The minimum absolute atomic E-state index is 0.177. The van der Waals surface area contributed by atoms with Gasteiger partial charge in [-0.05, 0) is 43.9 Å². The van der Waals surface area contributed by atoms with E-state index >= 15 is 0 Å². The zero-order chi connectivity index (χ0) is 22.8. The standard InChI is InChI=1S/C24H25N5O2S/c1-15-5-7-18(8-6-15)13-29-17(3)19(16(2)27-29)9-10-22(30)28(4)14-21-25-20-11-12-32-23(20)24(31)26-21/h5-12H,13-14H2,1-4H3,(H,25,26,31)/b10-9+. The lowest BCUT2D eigenvalue weighted by atomic mass is 10.1. The van der Waals surface area contributed by atoms with Gasteiger partial charge in [-0.25, -0.2) is 4.98 Å². The molecule has 4 rings (SSSR count). The van der Waals surface area contributed by atoms with Crippen molar-refractivity contribution in [1.29, 1.82) is 0 Å². The second-order valence-electron chi connectivity index (χ2n) is 7.90. The van der Waals surface area contributed by atoms with Gasteiger partial charge < -0.3 is 9.88 Å². The van der Waals surface area contributed by atoms with Crippen molar-refractivity contribution in [2.24, 2.45) is 0 Å². The molecular weight excluding hydrogens is 422 g/mol. The summed E-state index contributed by atoms with van der Waals surface area (Å²) in [5.74, 6) is 0.284. The van der Waals surface area contributed by atoms with Crippen LogP contribution in [0.5, 0.6) is 0 Å². The van der Waals surface area contributed by atoms with E-state index < -0.39 is 0 Å². The lowest BCUT2D eigenvalue weighted by Crippen LogP contribution is -2.26. The van der Waals surface area contributed by atoms with Crippen molar-refractivity contribution in [3.63, 3.8) is 0 Å². The number of aryl methyl sites for hydroxylation is 2. The van der Waals surface area contributed by atoms with E-state index in [1.807, 2.05) is 23.9 Å². The van der Waals surface area contributed by atoms with E-state index in [1.54, 1.807) is 19.2 Å². The maximum atomic E-state index is 12.7. The van der Waals surface area contributed by atoms with E-state index in [0.717, 1.165) is 17.0 Å². The van der Waals surface area contributed by atoms with Gasteiger partial charge in [0.05, 0.1) is 24.3 Å². The molecule has 3 heterocycles. The maximum absolute atomic E-state index is 12.7. The Morgan fingerprint density at radius 2 is 1.94 bits per heavy atom. The number of hydrogen-bond donors (Lipinski definition) is 1. The highest BCUT2D eigenvalue weighted by Gasteiger charge is 2.13. The number of nitrogens with zero attached hydrogens (tertiary/aromatic N) is 4. The molecule has 0 spiro atoms. The summed E-state index contributed by atoms with van der Waals surface area (Å²) in [4.78, 5) is 33.5. The Morgan fingerprint density at radius 1 is 1.19 bits per heavy atom. The smallest absolute Gasteiger partial charge is 0.268 e. The number of thiophene rings is 1. The summed E-state index contributed by atoms with van der Waals surface area (Å²) < 4.78 is 2.55. The summed E-state index contributed by atoms with van der Waals surface area (Å²) >= 11 is 1.35. The van der Waals surface area contributed by atoms with Crippen molar-refractivity contribution in [3.05, 3.63) is 86.0 Å². The zero-order valence-electron chi connectivity index (χ0n) is 18.5. The fourth-order valence-electron chi connectivity index (χ4n) is 3.55. The van der Waals surface area contributed by atoms with Gasteiger partial charge in [0.1, 0.15) is 10.5 Å². The quantitative estimate of drug-likeness (QED) is 0.456. The third kappa shape index (κ3) is 4.55. The molecule has 0 aliphatic rings. The van der Waals surface area contributed by atoms with Gasteiger partial charge in [0, 0.05) is 24.4 Å². The fourth-order valence-corrected chi connectivity index (χ4v) is 4.28. The van der Waals surface area contributed by atoms with E-state index in [2.05, 4.69) is 46.3 Å². The number of benzene rings is 1. The molecule has 0 bridgehead atoms. The number of likely N-dealkylation sites (N-methyl/N-ethyl adjacent to an activating group) is 1. The van der Waals surface area contributed by atoms with Gasteiger partial charge in [-0.3, -0.25) is 14.3 Å². The molecule has 0 saturated carbocycles. The maximum Gasteiger partial charge on any atom is 0.268 e. The predicted octanol–water partition coefficient (Wildman–Crippen LogP) is 3.83. The van der Waals surface area contributed by atoms with Gasteiger partial charge in [-0.15, -0.1) is 11.3 Å². The number of fused-ring (bicyclic) bond motifs is 1. The van der Waals surface area contributed by atoms with E-state index in [0.29, 0.717) is 22.6 Å². The van der Waals surface area contributed by atoms with Gasteiger partial charge in [0.15, 0.2) is 0 Å². The highest BCUT2D eigenvalue weighted by Crippen LogP contribution is 2.17. The van der Waals surface area contributed by atoms with Crippen molar-refractivity contribution in [2.75, 3.05) is 7.05 Å². The number of nitrogens with one attached hydrogen (secondary N) is 1. The Bertz CT molecular complexity index is 1360. The molecule has 0 fully saturated rings. The predicted molar refractivity (Wildman–Crippen MR) is 128 cm³/mol. The number of aromatic nitrogens is 4. The van der Waals surface area contributed by atoms with Gasteiger partial charge in [0.25, 0.3) is 5.56 Å². The SMILES string of the molecule is Cc1ccc(Cn2nc(C)c(/C=C/C(=O)N(C)Cc3nc4ccsc4c(=O)[nH]3)c2C)cc1. The van der Waals surface area contributed by atoms with Crippen LogP contribution in [-0.2, 0) is 17.9 Å². The first-order valence-corrected chi connectivity index (χ1v) is 11.2. The van der Waals surface area contributed by atoms with E-state index in [1.165, 1.54) is 33.4 Å². The van der Waals surface area contributed by atoms with Crippen molar-refractivity contribution in [2.45, 2.75) is 33.9 Å². The molecule has 32 heavy (non-hydrogen) atoms. The summed E-state index contributed by atoms with van der Waals surface area (Å²) in [6.07, 6.45) is 3.34. The zero-order valence-corrected chi connectivity index (χ0v) is 19.4. The largest absolute Gasteiger partial charge is 0.335 e. The number of H-pyrrole nitrogens is 1. The van der Waals surface area contributed by atoms with Crippen LogP contribution in [0.25, 0.3) is 16.3 Å². The Kier molecular flexibility index (Phi) is 6.05. The Labute approximate surface area is 190 Å². The van der Waals surface area contributed by atoms with Gasteiger partial charge in [-0.1, -0.05) is 29.8 Å². The van der Waals surface area contributed by atoms with Crippen LogP contribution in [0.3, 0.4) is 0 Å². The third-order valence-electron chi connectivity index (χ3n) is 5.41. The summed E-state index contributed by atoms with van der Waals surface area (Å²) in [6, 6.07) is 10.2. The fraction of sp³-hybridized carbons (Fsp3) is 0.250. The van der Waals surface area contributed by atoms with E-state index in [4.69, 9.17) is 0 Å². The van der Waals surface area contributed by atoms with Crippen molar-refractivity contribution < 1.29 is 4.79 Å². The monoisotopic (exact) mass is 447 g/mol. The summed E-state index contributed by atoms with van der Waals surface area (Å²) in [5.41, 5.74) is 5.68. The minimum Gasteiger partial charge on any atom is -0.335 e. The topological polar surface area (TPSA) is 83.9 Å². The molecule has 0 atom stereocenters. The first-order valence-electron chi connectivity index (χ1n) is 10.3. The third-order valence-corrected chi connectivity index (χ3v) is 6.31. The molecule has 1 aromatic carbocycles. The highest BCUT2D eigenvalue weighted by atomic mass is 32.1. The first-order chi connectivity index (χ1) is 15.3. The van der Waals surface area contributed by atoms with E-state index in [9.17, 15) is 9.59 Å². The Morgan fingerprint density at radius 3 is 2.69 bits per heavy atom. The van der Waals surface area contributed by atoms with Crippen LogP contribution in [0.15, 0.2) is 46.6 Å². The molecule has 0 aliphatic carbocycles. The molecule has 1 amide bonds. The van der Waals surface area contributed by atoms with Crippen LogP contribution in [0.2, 0.25) is 0 Å². The molecule has 7 nitrogen and oxygen atoms in total. The molecule has 0 unspecified atom stereocenters. The number of carbonyl (C=O) groups excluding carboxylic acids is 1. The average molecular weight is 448 g/mol. The van der Waals surface area contributed by atoms with Crippen molar-refractivity contribution in [3.8, 4) is 0 Å². The van der Waals surface area contributed by atoms with Gasteiger partial charge >= 0.3 is 0 Å². The molecule has 164 valence electrons. The number of carbonyl (C=O) groups is 1. The Balaban J connectivity index is 1.47. The molecule has 4 aromatic rings. The van der Waals surface area contributed by atoms with Crippen LogP contribution < -0.4 is 5.56 Å². The first kappa shape index (κ1) is 21.7. The van der Waals surface area contributed by atoms with Crippen LogP contribution in [-0.4, -0.2) is 37.6 Å². The normalized spacial score (nSPS) is 11.5. The van der Waals surface area contributed by atoms with Gasteiger partial charge in [-0.2, -0.15) is 5.10 Å². The molecule has 8 heteroatoms. The van der Waals surface area contributed by atoms with Crippen molar-refractivity contribution in [1.82, 2.24) is 24.6 Å². The Hall–Kier alpha value is -3.52. The van der Waals surface area contributed by atoms with Crippen LogP contribution in [0.1, 0.15) is 33.9 Å². The molecule has 1 N–H and O–H groups in total. The average Bonchev–Trinajstić information content (AvgIpc) is 3.33. The number of amides is 1. The lowest BCUT2D eigenvalue weighted by Gasteiger charge is -2.14. The second-order valence-corrected chi connectivity index (χ2v) is 8.82. The molecule has 0 aliphatic heterocycles. The molecule has 0 radical (unpaired) electrons. The van der Waals surface area contributed by atoms with Crippen LogP contribution in [0.4, 0.5) is 0 Å². The second kappa shape index (κ2) is 8.92. The summed E-state index contributed by atoms with van der Waals surface area (Å²) in [5, 5.41) is 6.48. The van der Waals surface area contributed by atoms with Gasteiger partial charge in [0.2, 0.25) is 5.91 Å². The number of rotatable bonds is 6. The van der Waals surface area contributed by atoms with Crippen molar-refractivity contribution >= 4 is 33.5 Å². The van der Waals surface area contributed by atoms with Crippen LogP contribution >= 0.6 is 11.3 Å². The number of aromatic amines is 1. The summed E-state index contributed by atoms with van der Waals surface area (Å²) in [7, 11) is 1.69. The molecule has 0 saturated heterocycles. The number of hydrogen-bond acceptors (Lipinski definition) is 5. The van der Waals surface area contributed by atoms with E-state index in [-0.39, 0.29) is 18.0 Å². The van der Waals surface area contributed by atoms with Crippen LogP contribution in [0, 0.1) is 20.8 Å². The minimum atomic E-state index is -0.178. The summed E-state index contributed by atoms with van der Waals surface area (Å²) in [6.45, 7) is 6.91.